The summed E-state index contributed by atoms with van der Waals surface area (Å²) in [6.45, 7) is 14.0. The molecule has 4 aromatic rings. The smallest absolute Gasteiger partial charge is 0.122 e. The molecule has 0 aromatic heterocycles. The van der Waals surface area contributed by atoms with E-state index in [1.807, 2.05) is 0 Å². The highest BCUT2D eigenvalue weighted by Gasteiger charge is 2.46. The molecule has 0 unspecified atom stereocenters. The molecule has 4 nitrogen and oxygen atoms in total. The average molecular weight is 575 g/mol. The Hall–Kier alpha value is -4.44. The molecule has 0 N–H and O–H groups in total. The van der Waals surface area contributed by atoms with Crippen molar-refractivity contribution >= 4 is 0 Å². The van der Waals surface area contributed by atoms with E-state index in [9.17, 15) is 0 Å². The van der Waals surface area contributed by atoms with Crippen LogP contribution in [-0.2, 0) is 27.7 Å². The van der Waals surface area contributed by atoms with Gasteiger partial charge in [0.2, 0.25) is 0 Å². The third-order valence-electron chi connectivity index (χ3n) is 8.27. The molecule has 1 aliphatic rings. The van der Waals surface area contributed by atoms with Gasteiger partial charge in [-0.1, -0.05) is 99.8 Å². The van der Waals surface area contributed by atoms with E-state index in [-0.39, 0.29) is 0 Å². The lowest BCUT2D eigenvalue weighted by Crippen LogP contribution is -2.29. The maximum absolute atomic E-state index is 6.24. The zero-order chi connectivity index (χ0) is 30.1. The number of fused-ring (bicyclic) bond motifs is 3. The van der Waals surface area contributed by atoms with Crippen LogP contribution in [0.3, 0.4) is 0 Å². The number of hydrogen-bond acceptors (Lipinski definition) is 4. The average Bonchev–Trinajstić information content (AvgIpc) is 3.36. The van der Waals surface area contributed by atoms with Crippen LogP contribution in [0.15, 0.2) is 111 Å². The van der Waals surface area contributed by atoms with Crippen molar-refractivity contribution in [1.29, 1.82) is 0 Å². The van der Waals surface area contributed by atoms with Gasteiger partial charge >= 0.3 is 0 Å². The Kier molecular flexibility index (Phi) is 9.88. The first kappa shape index (κ1) is 30.0. The normalized spacial score (nSPS) is 12.6. The molecule has 0 saturated carbocycles. The van der Waals surface area contributed by atoms with Gasteiger partial charge < -0.3 is 18.9 Å². The summed E-state index contributed by atoms with van der Waals surface area (Å²) in [4.78, 5) is 0. The minimum absolute atomic E-state index is 0.478. The number of rotatable bonds is 16. The lowest BCUT2D eigenvalue weighted by Gasteiger charge is -2.35. The summed E-state index contributed by atoms with van der Waals surface area (Å²) in [5, 5.41) is 0. The lowest BCUT2D eigenvalue weighted by atomic mass is 9.67. The highest BCUT2D eigenvalue weighted by Crippen LogP contribution is 2.56. The zero-order valence-corrected chi connectivity index (χ0v) is 25.4. The summed E-state index contributed by atoms with van der Waals surface area (Å²) in [5.74, 6) is 1.86. The van der Waals surface area contributed by atoms with E-state index in [1.54, 1.807) is 0 Å². The molecule has 0 bridgehead atoms. The van der Waals surface area contributed by atoms with Crippen LogP contribution in [0.25, 0.3) is 11.1 Å². The van der Waals surface area contributed by atoms with E-state index >= 15 is 0 Å². The van der Waals surface area contributed by atoms with Crippen molar-refractivity contribution in [3.8, 4) is 22.6 Å². The third-order valence-corrected chi connectivity index (χ3v) is 8.27. The maximum atomic E-state index is 6.24. The van der Waals surface area contributed by atoms with Gasteiger partial charge in [0.15, 0.2) is 0 Å². The van der Waals surface area contributed by atoms with Gasteiger partial charge in [-0.05, 0) is 69.5 Å². The summed E-state index contributed by atoms with van der Waals surface area (Å²) >= 11 is 0. The first-order valence-electron chi connectivity index (χ1n) is 15.4. The molecule has 0 aliphatic heterocycles. The number of aryl methyl sites for hydroxylation is 2. The topological polar surface area (TPSA) is 36.9 Å². The Bertz CT molecular complexity index is 1440. The number of hydrogen-bond donors (Lipinski definition) is 0. The fraction of sp³-hybridized carbons (Fsp3) is 0.282. The van der Waals surface area contributed by atoms with E-state index in [0.29, 0.717) is 26.4 Å². The lowest BCUT2D eigenvalue weighted by molar-refractivity contribution is 0.208. The SMILES string of the molecule is C=COCCCOc1ccc(C2(c3ccc(OCCCOC=C)c(CC)c3)c3ccccc3-c3ccccc32)cc1CC. The van der Waals surface area contributed by atoms with E-state index in [4.69, 9.17) is 18.9 Å². The Labute approximate surface area is 256 Å². The zero-order valence-electron chi connectivity index (χ0n) is 25.4. The van der Waals surface area contributed by atoms with Crippen LogP contribution in [0.4, 0.5) is 0 Å². The molecule has 4 aromatic carbocycles. The first-order chi connectivity index (χ1) is 21.2. The fourth-order valence-corrected chi connectivity index (χ4v) is 6.30. The molecule has 222 valence electrons. The monoisotopic (exact) mass is 574 g/mol. The van der Waals surface area contributed by atoms with Gasteiger partial charge in [-0.25, -0.2) is 0 Å². The Balaban J connectivity index is 1.62. The van der Waals surface area contributed by atoms with Crippen LogP contribution in [-0.4, -0.2) is 26.4 Å². The van der Waals surface area contributed by atoms with E-state index in [2.05, 4.69) is 112 Å². The first-order valence-corrected chi connectivity index (χ1v) is 15.4. The van der Waals surface area contributed by atoms with Crippen molar-refractivity contribution in [2.75, 3.05) is 26.4 Å². The quantitative estimate of drug-likeness (QED) is 0.0870. The molecule has 0 fully saturated rings. The minimum Gasteiger partial charge on any atom is -0.502 e. The molecule has 5 rings (SSSR count). The predicted molar refractivity (Wildman–Crippen MR) is 175 cm³/mol. The Morgan fingerprint density at radius 1 is 0.581 bits per heavy atom. The molecule has 1 aliphatic carbocycles. The van der Waals surface area contributed by atoms with Gasteiger partial charge in [-0.3, -0.25) is 0 Å². The van der Waals surface area contributed by atoms with E-state index in [0.717, 1.165) is 37.2 Å². The second-order valence-corrected chi connectivity index (χ2v) is 10.7. The molecule has 0 saturated heterocycles. The highest BCUT2D eigenvalue weighted by molar-refractivity contribution is 5.86. The summed E-state index contributed by atoms with van der Waals surface area (Å²) in [6, 6.07) is 31.2. The van der Waals surface area contributed by atoms with Gasteiger partial charge in [0, 0.05) is 12.8 Å². The Morgan fingerprint density at radius 3 is 1.44 bits per heavy atom. The summed E-state index contributed by atoms with van der Waals surface area (Å²) < 4.78 is 23.0. The van der Waals surface area contributed by atoms with Gasteiger partial charge in [-0.15, -0.1) is 0 Å². The Morgan fingerprint density at radius 2 is 1.02 bits per heavy atom. The van der Waals surface area contributed by atoms with Crippen LogP contribution >= 0.6 is 0 Å². The van der Waals surface area contributed by atoms with Crippen LogP contribution in [0.1, 0.15) is 60.1 Å². The van der Waals surface area contributed by atoms with Crippen molar-refractivity contribution in [3.05, 3.63) is 144 Å². The van der Waals surface area contributed by atoms with Crippen LogP contribution < -0.4 is 9.47 Å². The molecular weight excluding hydrogens is 532 g/mol. The molecule has 4 heteroatoms. The summed E-state index contributed by atoms with van der Waals surface area (Å²) in [7, 11) is 0. The van der Waals surface area contributed by atoms with E-state index in [1.165, 1.54) is 57.0 Å². The molecule has 0 heterocycles. The maximum Gasteiger partial charge on any atom is 0.122 e. The van der Waals surface area contributed by atoms with Gasteiger partial charge in [-0.2, -0.15) is 0 Å². The molecule has 0 radical (unpaired) electrons. The van der Waals surface area contributed by atoms with Crippen molar-refractivity contribution in [2.24, 2.45) is 0 Å². The molecular formula is C39H42O4. The number of ether oxygens (including phenoxy) is 4. The molecule has 0 atom stereocenters. The molecule has 43 heavy (non-hydrogen) atoms. The second-order valence-electron chi connectivity index (χ2n) is 10.7. The van der Waals surface area contributed by atoms with Crippen molar-refractivity contribution in [2.45, 2.75) is 44.9 Å². The predicted octanol–water partition coefficient (Wildman–Crippen LogP) is 9.03. The highest BCUT2D eigenvalue weighted by atomic mass is 16.5. The third kappa shape index (κ3) is 5.92. The second kappa shape index (κ2) is 14.2. The van der Waals surface area contributed by atoms with Gasteiger partial charge in [0.25, 0.3) is 0 Å². The van der Waals surface area contributed by atoms with Crippen LogP contribution in [0, 0.1) is 0 Å². The van der Waals surface area contributed by atoms with Crippen molar-refractivity contribution in [1.82, 2.24) is 0 Å². The van der Waals surface area contributed by atoms with Crippen LogP contribution in [0.2, 0.25) is 0 Å². The standard InChI is InChI=1S/C39H42O4/c1-5-29-27-31(19-21-37(29)42-25-13-23-40-7-3)39(35-17-11-9-15-33(35)34-16-10-12-18-36(34)39)32-20-22-38(30(6-2)28-32)43-26-14-24-41-8-4/h7-12,15-22,27-28H,3-6,13-14,23-26H2,1-2H3. The van der Waals surface area contributed by atoms with Crippen LogP contribution in [0.5, 0.6) is 11.5 Å². The molecule has 0 spiro atoms. The minimum atomic E-state index is -0.478. The summed E-state index contributed by atoms with van der Waals surface area (Å²) in [6.07, 6.45) is 6.30. The van der Waals surface area contributed by atoms with Gasteiger partial charge in [0.1, 0.15) is 11.5 Å². The largest absolute Gasteiger partial charge is 0.502 e. The van der Waals surface area contributed by atoms with E-state index < -0.39 is 5.41 Å². The number of benzene rings is 4. The molecule has 0 amide bonds. The van der Waals surface area contributed by atoms with Crippen molar-refractivity contribution in [3.63, 3.8) is 0 Å². The van der Waals surface area contributed by atoms with Crippen molar-refractivity contribution < 1.29 is 18.9 Å². The fourth-order valence-electron chi connectivity index (χ4n) is 6.30. The summed E-state index contributed by atoms with van der Waals surface area (Å²) in [5.41, 5.74) is 9.53. The van der Waals surface area contributed by atoms with Gasteiger partial charge in [0.05, 0.1) is 44.4 Å².